The van der Waals surface area contributed by atoms with Gasteiger partial charge in [0.1, 0.15) is 0 Å². The van der Waals surface area contributed by atoms with E-state index < -0.39 is 0 Å². The fourth-order valence-corrected chi connectivity index (χ4v) is 5.16. The summed E-state index contributed by atoms with van der Waals surface area (Å²) in [6, 6.07) is 2.02. The first-order chi connectivity index (χ1) is 13.2. The third-order valence-electron chi connectivity index (χ3n) is 5.53. The van der Waals surface area contributed by atoms with Gasteiger partial charge >= 0.3 is 0 Å². The molecule has 0 radical (unpaired) electrons. The first kappa shape index (κ1) is 18.6. The lowest BCUT2D eigenvalue weighted by Crippen LogP contribution is -2.46. The van der Waals surface area contributed by atoms with Crippen LogP contribution in [0.3, 0.4) is 0 Å². The van der Waals surface area contributed by atoms with Gasteiger partial charge in [0.25, 0.3) is 5.91 Å². The molecule has 4 heterocycles. The maximum absolute atomic E-state index is 12.3. The molecule has 146 valence electrons. The summed E-state index contributed by atoms with van der Waals surface area (Å²) in [6.07, 6.45) is 8.46. The first-order valence-electron chi connectivity index (χ1n) is 9.54. The van der Waals surface area contributed by atoms with Gasteiger partial charge in [0, 0.05) is 56.4 Å². The second-order valence-corrected chi connectivity index (χ2v) is 8.30. The second-order valence-electron chi connectivity index (χ2n) is 7.16. The minimum atomic E-state index is -0.245. The van der Waals surface area contributed by atoms with Crippen LogP contribution in [0.1, 0.15) is 33.0 Å². The Balaban J connectivity index is 1.41. The summed E-state index contributed by atoms with van der Waals surface area (Å²) in [6.45, 7) is 4.92. The van der Waals surface area contributed by atoms with Gasteiger partial charge in [-0.1, -0.05) is 0 Å². The average molecular weight is 391 g/mol. The summed E-state index contributed by atoms with van der Waals surface area (Å²) < 4.78 is 8.41. The molecule has 1 saturated heterocycles. The van der Waals surface area contributed by atoms with Crippen molar-refractivity contribution in [3.63, 3.8) is 0 Å². The van der Waals surface area contributed by atoms with Crippen LogP contribution in [0.4, 0.5) is 0 Å². The Morgan fingerprint density at radius 3 is 2.96 bits per heavy atom. The first-order valence-corrected chi connectivity index (χ1v) is 10.4. The van der Waals surface area contributed by atoms with Crippen molar-refractivity contribution in [3.05, 3.63) is 40.1 Å². The van der Waals surface area contributed by atoms with Crippen molar-refractivity contribution >= 4 is 17.2 Å². The highest BCUT2D eigenvalue weighted by Gasteiger charge is 2.42. The van der Waals surface area contributed by atoms with E-state index in [1.54, 1.807) is 11.3 Å². The van der Waals surface area contributed by atoms with Gasteiger partial charge < -0.3 is 24.6 Å². The number of nitrogens with one attached hydrogen (secondary N) is 1. The normalized spacial score (nSPS) is 19.1. The van der Waals surface area contributed by atoms with Gasteiger partial charge in [-0.05, 0) is 24.5 Å². The number of carbonyl (C=O) groups excluding carboxylic acids is 1. The van der Waals surface area contributed by atoms with Gasteiger partial charge in [-0.25, -0.2) is 4.98 Å². The van der Waals surface area contributed by atoms with Gasteiger partial charge in [0.05, 0.1) is 30.0 Å². The van der Waals surface area contributed by atoms with E-state index in [4.69, 9.17) is 9.84 Å². The van der Waals surface area contributed by atoms with E-state index in [2.05, 4.69) is 19.8 Å². The summed E-state index contributed by atoms with van der Waals surface area (Å²) >= 11 is 1.57. The number of carbonyl (C=O) groups is 1. The van der Waals surface area contributed by atoms with Crippen molar-refractivity contribution in [2.24, 2.45) is 0 Å². The molecule has 8 heteroatoms. The van der Waals surface area contributed by atoms with Crippen LogP contribution in [0.2, 0.25) is 0 Å². The minimum absolute atomic E-state index is 0.0429. The number of aliphatic hydroxyl groups excluding tert-OH is 1. The summed E-state index contributed by atoms with van der Waals surface area (Å²) in [5.41, 5.74) is 0.965. The molecule has 2 aliphatic heterocycles. The van der Waals surface area contributed by atoms with E-state index in [-0.39, 0.29) is 24.7 Å². The van der Waals surface area contributed by atoms with E-state index >= 15 is 0 Å². The second kappa shape index (κ2) is 8.10. The third-order valence-corrected chi connectivity index (χ3v) is 6.72. The molecule has 2 aromatic rings. The predicted molar refractivity (Wildman–Crippen MR) is 103 cm³/mol. The van der Waals surface area contributed by atoms with Crippen LogP contribution in [-0.4, -0.2) is 64.9 Å². The van der Waals surface area contributed by atoms with Crippen LogP contribution in [0.15, 0.2) is 24.8 Å². The predicted octanol–water partition coefficient (Wildman–Crippen LogP) is 1.23. The zero-order valence-electron chi connectivity index (χ0n) is 15.4. The molecule has 27 heavy (non-hydrogen) atoms. The summed E-state index contributed by atoms with van der Waals surface area (Å²) in [5.74, 6) is -0.101. The molecular formula is C19H26N4O3S. The molecule has 0 atom stereocenters. The fourth-order valence-electron chi connectivity index (χ4n) is 4.01. The Kier molecular flexibility index (Phi) is 5.58. The lowest BCUT2D eigenvalue weighted by atomic mass is 9.82. The van der Waals surface area contributed by atoms with E-state index in [0.29, 0.717) is 0 Å². The van der Waals surface area contributed by atoms with Gasteiger partial charge in [0.15, 0.2) is 0 Å². The zero-order valence-corrected chi connectivity index (χ0v) is 16.2. The number of piperidine rings is 1. The average Bonchev–Trinajstić information content (AvgIpc) is 3.36. The van der Waals surface area contributed by atoms with Crippen molar-refractivity contribution < 1.29 is 14.6 Å². The molecule has 0 aromatic carbocycles. The van der Waals surface area contributed by atoms with Crippen molar-refractivity contribution in [1.82, 2.24) is 19.8 Å². The number of imidazole rings is 1. The Labute approximate surface area is 163 Å². The van der Waals surface area contributed by atoms with Crippen molar-refractivity contribution in [2.75, 3.05) is 39.4 Å². The summed E-state index contributed by atoms with van der Waals surface area (Å²) in [4.78, 5) is 20.8. The standard InChI is InChI=1S/C19H26N4O3S/c24-11-5-21-18(25)17-13-15-16(27-17)1-12-26-19(15)2-6-22(7-3-19)9-10-23-8-4-20-14-23/h4,8,13-14,24H,1-3,5-7,9-12H2,(H,21,25). The molecule has 0 bridgehead atoms. The third kappa shape index (κ3) is 3.94. The number of amides is 1. The van der Waals surface area contributed by atoms with Crippen molar-refractivity contribution in [2.45, 2.75) is 31.4 Å². The fraction of sp³-hybridized carbons (Fsp3) is 0.579. The number of aromatic nitrogens is 2. The molecule has 0 unspecified atom stereocenters. The summed E-state index contributed by atoms with van der Waals surface area (Å²) in [7, 11) is 0. The Hall–Kier alpha value is -1.74. The molecule has 2 N–H and O–H groups in total. The van der Waals surface area contributed by atoms with E-state index in [9.17, 15) is 4.79 Å². The SMILES string of the molecule is O=C(NCCO)c1cc2c(s1)CCOC21CCN(CCn2ccnc2)CC1. The smallest absolute Gasteiger partial charge is 0.261 e. The number of hydrogen-bond acceptors (Lipinski definition) is 6. The van der Waals surface area contributed by atoms with Crippen LogP contribution in [0, 0.1) is 0 Å². The number of nitrogens with zero attached hydrogens (tertiary/aromatic N) is 3. The van der Waals surface area contributed by atoms with Crippen molar-refractivity contribution in [3.8, 4) is 0 Å². The van der Waals surface area contributed by atoms with Crippen LogP contribution in [-0.2, 0) is 23.3 Å². The molecule has 0 saturated carbocycles. The number of ether oxygens (including phenoxy) is 1. The zero-order chi connectivity index (χ0) is 18.7. The summed E-state index contributed by atoms with van der Waals surface area (Å²) in [5, 5.41) is 11.7. The highest BCUT2D eigenvalue weighted by Crippen LogP contribution is 2.44. The molecule has 1 spiro atoms. The largest absolute Gasteiger partial charge is 0.395 e. The number of rotatable bonds is 6. The van der Waals surface area contributed by atoms with Crippen LogP contribution in [0.25, 0.3) is 0 Å². The maximum atomic E-state index is 12.3. The molecule has 1 fully saturated rings. The monoisotopic (exact) mass is 390 g/mol. The highest BCUT2D eigenvalue weighted by atomic mass is 32.1. The number of hydrogen-bond donors (Lipinski definition) is 2. The van der Waals surface area contributed by atoms with Gasteiger partial charge in [0.2, 0.25) is 0 Å². The number of thiophene rings is 1. The Morgan fingerprint density at radius 1 is 1.37 bits per heavy atom. The molecule has 1 amide bonds. The highest BCUT2D eigenvalue weighted by molar-refractivity contribution is 7.14. The number of aliphatic hydroxyl groups is 1. The molecule has 2 aromatic heterocycles. The van der Waals surface area contributed by atoms with Crippen LogP contribution >= 0.6 is 11.3 Å². The Morgan fingerprint density at radius 2 is 2.22 bits per heavy atom. The topological polar surface area (TPSA) is 79.6 Å². The van der Waals surface area contributed by atoms with E-state index in [1.807, 2.05) is 24.8 Å². The number of likely N-dealkylation sites (tertiary alicyclic amines) is 1. The lowest BCUT2D eigenvalue weighted by Gasteiger charge is -2.44. The van der Waals surface area contributed by atoms with Crippen molar-refractivity contribution in [1.29, 1.82) is 0 Å². The molecule has 4 rings (SSSR count). The Bertz CT molecular complexity index is 766. The molecular weight excluding hydrogens is 364 g/mol. The maximum Gasteiger partial charge on any atom is 0.261 e. The van der Waals surface area contributed by atoms with E-state index in [0.717, 1.165) is 56.9 Å². The molecule has 2 aliphatic rings. The molecule has 0 aliphatic carbocycles. The van der Waals surface area contributed by atoms with E-state index in [1.165, 1.54) is 10.4 Å². The van der Waals surface area contributed by atoms with Gasteiger partial charge in [-0.2, -0.15) is 0 Å². The van der Waals surface area contributed by atoms with Gasteiger partial charge in [-0.3, -0.25) is 4.79 Å². The minimum Gasteiger partial charge on any atom is -0.395 e. The number of fused-ring (bicyclic) bond motifs is 2. The van der Waals surface area contributed by atoms with Crippen LogP contribution < -0.4 is 5.32 Å². The quantitative estimate of drug-likeness (QED) is 0.776. The molecule has 7 nitrogen and oxygen atoms in total. The lowest BCUT2D eigenvalue weighted by molar-refractivity contribution is -0.0972. The van der Waals surface area contributed by atoms with Gasteiger partial charge in [-0.15, -0.1) is 11.3 Å². The van der Waals surface area contributed by atoms with Crippen LogP contribution in [0.5, 0.6) is 0 Å².